The molecule has 2 heterocycles. The second kappa shape index (κ2) is 2.30. The van der Waals surface area contributed by atoms with Crippen LogP contribution in [0.1, 0.15) is 10.4 Å². The molecule has 2 aromatic heterocycles. The fourth-order valence-electron chi connectivity index (χ4n) is 0.926. The fraction of sp³-hybridized carbons (Fsp3) is 0. The van der Waals surface area contributed by atoms with Crippen molar-refractivity contribution in [1.29, 1.82) is 0 Å². The minimum absolute atomic E-state index is 0.153. The van der Waals surface area contributed by atoms with Gasteiger partial charge in [0.2, 0.25) is 0 Å². The van der Waals surface area contributed by atoms with Gasteiger partial charge < -0.3 is 5.11 Å². The second-order valence-electron chi connectivity index (χ2n) is 2.31. The summed E-state index contributed by atoms with van der Waals surface area (Å²) in [6, 6.07) is 0. The maximum Gasteiger partial charge on any atom is 0.338 e. The Labute approximate surface area is 67.3 Å². The lowest BCUT2D eigenvalue weighted by Crippen LogP contribution is -1.99. The first kappa shape index (κ1) is 6.78. The third kappa shape index (κ3) is 0.914. The Hall–Kier alpha value is -1.91. The van der Waals surface area contributed by atoms with Crippen LogP contribution < -0.4 is 0 Å². The van der Waals surface area contributed by atoms with E-state index in [1.54, 1.807) is 10.6 Å². The molecule has 5 heteroatoms. The van der Waals surface area contributed by atoms with E-state index in [-0.39, 0.29) is 5.56 Å². The lowest BCUT2D eigenvalue weighted by Gasteiger charge is -1.94. The van der Waals surface area contributed by atoms with Crippen molar-refractivity contribution in [3.05, 3.63) is 30.5 Å². The van der Waals surface area contributed by atoms with E-state index in [9.17, 15) is 4.79 Å². The largest absolute Gasteiger partial charge is 0.478 e. The standard InChI is InChI=1S/C7H5N3O2/c11-7(12)5-1-9-6-2-8-4-10(6)3-5/h1-4H,(H,11,12). The van der Waals surface area contributed by atoms with Gasteiger partial charge in [-0.15, -0.1) is 0 Å². The number of aromatic carboxylic acids is 1. The zero-order valence-corrected chi connectivity index (χ0v) is 6.01. The van der Waals surface area contributed by atoms with Gasteiger partial charge in [0.05, 0.1) is 11.8 Å². The first-order chi connectivity index (χ1) is 5.77. The molecular weight excluding hydrogens is 158 g/mol. The molecule has 0 fully saturated rings. The molecule has 0 unspecified atom stereocenters. The normalized spacial score (nSPS) is 10.3. The number of fused-ring (bicyclic) bond motifs is 1. The Morgan fingerprint density at radius 2 is 2.33 bits per heavy atom. The maximum atomic E-state index is 10.5. The number of carbonyl (C=O) groups is 1. The van der Waals surface area contributed by atoms with Gasteiger partial charge in [0, 0.05) is 12.4 Å². The van der Waals surface area contributed by atoms with Crippen LogP contribution in [0.4, 0.5) is 0 Å². The second-order valence-corrected chi connectivity index (χ2v) is 2.31. The molecule has 0 radical (unpaired) electrons. The van der Waals surface area contributed by atoms with Gasteiger partial charge in [0.1, 0.15) is 6.33 Å². The maximum absolute atomic E-state index is 10.5. The number of hydrogen-bond donors (Lipinski definition) is 1. The number of hydrogen-bond acceptors (Lipinski definition) is 3. The molecule has 0 spiro atoms. The lowest BCUT2D eigenvalue weighted by molar-refractivity contribution is 0.0696. The van der Waals surface area contributed by atoms with Crippen molar-refractivity contribution in [2.45, 2.75) is 0 Å². The van der Waals surface area contributed by atoms with Gasteiger partial charge in [-0.25, -0.2) is 14.8 Å². The van der Waals surface area contributed by atoms with Crippen LogP contribution in [0.3, 0.4) is 0 Å². The fourth-order valence-corrected chi connectivity index (χ4v) is 0.926. The number of carboxylic acids is 1. The molecular formula is C7H5N3O2. The molecule has 60 valence electrons. The van der Waals surface area contributed by atoms with Crippen LogP contribution >= 0.6 is 0 Å². The number of rotatable bonds is 1. The Kier molecular flexibility index (Phi) is 1.30. The van der Waals surface area contributed by atoms with Gasteiger partial charge in [0.25, 0.3) is 0 Å². The number of carboxylic acid groups (broad SMARTS) is 1. The van der Waals surface area contributed by atoms with Crippen LogP contribution in [-0.4, -0.2) is 25.4 Å². The highest BCUT2D eigenvalue weighted by molar-refractivity contribution is 5.87. The zero-order valence-electron chi connectivity index (χ0n) is 6.01. The highest BCUT2D eigenvalue weighted by Crippen LogP contribution is 2.01. The van der Waals surface area contributed by atoms with E-state index in [0.29, 0.717) is 5.65 Å². The number of imidazole rings is 1. The van der Waals surface area contributed by atoms with Crippen molar-refractivity contribution >= 4 is 11.6 Å². The highest BCUT2D eigenvalue weighted by atomic mass is 16.4. The Balaban J connectivity index is 2.68. The van der Waals surface area contributed by atoms with E-state index in [2.05, 4.69) is 9.97 Å². The minimum atomic E-state index is -0.988. The molecule has 1 N–H and O–H groups in total. The summed E-state index contributed by atoms with van der Waals surface area (Å²) in [6.45, 7) is 0. The molecule has 0 atom stereocenters. The van der Waals surface area contributed by atoms with E-state index in [1.807, 2.05) is 0 Å². The van der Waals surface area contributed by atoms with Gasteiger partial charge >= 0.3 is 5.97 Å². The summed E-state index contributed by atoms with van der Waals surface area (Å²) in [6.07, 6.45) is 5.84. The minimum Gasteiger partial charge on any atom is -0.478 e. The van der Waals surface area contributed by atoms with Crippen molar-refractivity contribution < 1.29 is 9.90 Å². The van der Waals surface area contributed by atoms with Crippen LogP contribution in [0.2, 0.25) is 0 Å². The molecule has 2 aromatic rings. The van der Waals surface area contributed by atoms with Crippen LogP contribution in [0.5, 0.6) is 0 Å². The molecule has 2 rings (SSSR count). The van der Waals surface area contributed by atoms with Crippen LogP contribution in [0, 0.1) is 0 Å². The van der Waals surface area contributed by atoms with Gasteiger partial charge in [-0.2, -0.15) is 0 Å². The lowest BCUT2D eigenvalue weighted by atomic mass is 10.3. The average Bonchev–Trinajstić information content (AvgIpc) is 2.49. The molecule has 0 aliphatic rings. The molecule has 0 aliphatic heterocycles. The Morgan fingerprint density at radius 1 is 1.50 bits per heavy atom. The molecule has 0 bridgehead atoms. The highest BCUT2D eigenvalue weighted by Gasteiger charge is 2.03. The summed E-state index contributed by atoms with van der Waals surface area (Å²) in [5, 5.41) is 8.61. The van der Waals surface area contributed by atoms with E-state index < -0.39 is 5.97 Å². The third-order valence-electron chi connectivity index (χ3n) is 1.51. The smallest absolute Gasteiger partial charge is 0.338 e. The van der Waals surface area contributed by atoms with Gasteiger partial charge in [0.15, 0.2) is 5.65 Å². The average molecular weight is 163 g/mol. The zero-order chi connectivity index (χ0) is 8.55. The molecule has 0 aliphatic carbocycles. The van der Waals surface area contributed by atoms with Crippen LogP contribution in [-0.2, 0) is 0 Å². The summed E-state index contributed by atoms with van der Waals surface area (Å²) < 4.78 is 1.56. The van der Waals surface area contributed by atoms with Gasteiger partial charge in [-0.05, 0) is 0 Å². The molecule has 0 aromatic carbocycles. The topological polar surface area (TPSA) is 67.5 Å². The Morgan fingerprint density at radius 3 is 3.08 bits per heavy atom. The van der Waals surface area contributed by atoms with E-state index in [0.717, 1.165) is 0 Å². The SMILES string of the molecule is O=C(O)c1cnc2cncn2c1. The number of nitrogens with zero attached hydrogens (tertiary/aromatic N) is 3. The first-order valence-electron chi connectivity index (χ1n) is 3.28. The Bertz CT molecular complexity index is 435. The van der Waals surface area contributed by atoms with E-state index >= 15 is 0 Å². The summed E-state index contributed by atoms with van der Waals surface area (Å²) in [5.74, 6) is -0.988. The first-order valence-corrected chi connectivity index (χ1v) is 3.28. The summed E-state index contributed by atoms with van der Waals surface area (Å²) in [5.41, 5.74) is 0.792. The predicted octanol–water partition coefficient (Wildman–Crippen LogP) is 0.427. The van der Waals surface area contributed by atoms with E-state index in [4.69, 9.17) is 5.11 Å². The molecule has 12 heavy (non-hydrogen) atoms. The van der Waals surface area contributed by atoms with Crippen molar-refractivity contribution in [2.75, 3.05) is 0 Å². The molecule has 0 amide bonds. The molecule has 0 saturated carbocycles. The third-order valence-corrected chi connectivity index (χ3v) is 1.51. The van der Waals surface area contributed by atoms with Crippen molar-refractivity contribution in [3.63, 3.8) is 0 Å². The summed E-state index contributed by atoms with van der Waals surface area (Å²) >= 11 is 0. The van der Waals surface area contributed by atoms with Gasteiger partial charge in [-0.3, -0.25) is 4.40 Å². The summed E-state index contributed by atoms with van der Waals surface area (Å²) in [4.78, 5) is 18.2. The van der Waals surface area contributed by atoms with Crippen molar-refractivity contribution in [1.82, 2.24) is 14.4 Å². The van der Waals surface area contributed by atoms with Crippen molar-refractivity contribution in [2.24, 2.45) is 0 Å². The van der Waals surface area contributed by atoms with Crippen molar-refractivity contribution in [3.8, 4) is 0 Å². The quantitative estimate of drug-likeness (QED) is 0.661. The van der Waals surface area contributed by atoms with Crippen LogP contribution in [0.15, 0.2) is 24.9 Å². The summed E-state index contributed by atoms with van der Waals surface area (Å²) in [7, 11) is 0. The van der Waals surface area contributed by atoms with E-state index in [1.165, 1.54) is 18.7 Å². The van der Waals surface area contributed by atoms with Crippen LogP contribution in [0.25, 0.3) is 5.65 Å². The van der Waals surface area contributed by atoms with Gasteiger partial charge in [-0.1, -0.05) is 0 Å². The molecule has 5 nitrogen and oxygen atoms in total. The number of aromatic nitrogens is 3. The predicted molar refractivity (Wildman–Crippen MR) is 39.9 cm³/mol. The monoisotopic (exact) mass is 163 g/mol. The molecule has 0 saturated heterocycles.